The van der Waals surface area contributed by atoms with Crippen molar-refractivity contribution in [1.29, 1.82) is 0 Å². The minimum Gasteiger partial charge on any atom is -0.495 e. The fraction of sp³-hybridized carbons (Fsp3) is 0.500. The lowest BCUT2D eigenvalue weighted by Crippen LogP contribution is -2.63. The first kappa shape index (κ1) is 13.7. The standard InChI is InChI=1S/C14H20N2O3/c1-3-6-14(18)8-16(9-14)13(17)10-4-5-11(15)12(7-10)19-2/h4-5,7,18H,3,6,8-9,15H2,1-2H3. The maximum Gasteiger partial charge on any atom is 0.254 e. The Kier molecular flexibility index (Phi) is 3.66. The number of nitrogen functional groups attached to an aromatic ring is 1. The number of methoxy groups -OCH3 is 1. The molecule has 0 aliphatic carbocycles. The van der Waals surface area contributed by atoms with Crippen LogP contribution < -0.4 is 10.5 Å². The number of benzene rings is 1. The van der Waals surface area contributed by atoms with Crippen LogP contribution in [-0.4, -0.2) is 41.7 Å². The number of β-amino-alcohol motifs (C(OH)–C–C–N with tert-alkyl or cyclic N) is 1. The average molecular weight is 264 g/mol. The summed E-state index contributed by atoms with van der Waals surface area (Å²) in [6.07, 6.45) is 1.63. The number of anilines is 1. The topological polar surface area (TPSA) is 75.8 Å². The number of aliphatic hydroxyl groups is 1. The molecule has 0 saturated carbocycles. The summed E-state index contributed by atoms with van der Waals surface area (Å²) in [5.41, 5.74) is 6.05. The molecule has 2 rings (SSSR count). The summed E-state index contributed by atoms with van der Waals surface area (Å²) in [6, 6.07) is 4.97. The fourth-order valence-corrected chi connectivity index (χ4v) is 2.46. The summed E-state index contributed by atoms with van der Waals surface area (Å²) < 4.78 is 5.10. The Labute approximate surface area is 113 Å². The summed E-state index contributed by atoms with van der Waals surface area (Å²) in [5.74, 6) is 0.397. The Hall–Kier alpha value is -1.75. The van der Waals surface area contributed by atoms with Gasteiger partial charge in [0.25, 0.3) is 5.91 Å². The maximum absolute atomic E-state index is 12.2. The van der Waals surface area contributed by atoms with Crippen LogP contribution in [0.5, 0.6) is 5.75 Å². The van der Waals surface area contributed by atoms with Crippen LogP contribution in [0.1, 0.15) is 30.1 Å². The summed E-state index contributed by atoms with van der Waals surface area (Å²) in [7, 11) is 1.52. The van der Waals surface area contributed by atoms with Crippen molar-refractivity contribution in [3.63, 3.8) is 0 Å². The smallest absolute Gasteiger partial charge is 0.254 e. The summed E-state index contributed by atoms with van der Waals surface area (Å²) in [6.45, 7) is 2.81. The number of hydrogen-bond acceptors (Lipinski definition) is 4. The number of nitrogens with zero attached hydrogens (tertiary/aromatic N) is 1. The van der Waals surface area contributed by atoms with E-state index in [0.29, 0.717) is 30.1 Å². The third kappa shape index (κ3) is 2.66. The van der Waals surface area contributed by atoms with E-state index >= 15 is 0 Å². The van der Waals surface area contributed by atoms with Crippen LogP contribution in [0, 0.1) is 0 Å². The molecular formula is C14H20N2O3. The summed E-state index contributed by atoms with van der Waals surface area (Å²) in [4.78, 5) is 13.9. The molecule has 1 amide bonds. The molecule has 3 N–H and O–H groups in total. The Morgan fingerprint density at radius 2 is 2.21 bits per heavy atom. The molecule has 0 unspecified atom stereocenters. The number of likely N-dealkylation sites (tertiary alicyclic amines) is 1. The van der Waals surface area contributed by atoms with E-state index < -0.39 is 5.60 Å². The first-order chi connectivity index (χ1) is 8.99. The highest BCUT2D eigenvalue weighted by molar-refractivity contribution is 5.96. The third-order valence-electron chi connectivity index (χ3n) is 3.45. The number of carbonyl (C=O) groups excluding carboxylic acids is 1. The van der Waals surface area contributed by atoms with E-state index in [1.165, 1.54) is 7.11 Å². The molecule has 5 nitrogen and oxygen atoms in total. The highest BCUT2D eigenvalue weighted by Gasteiger charge is 2.42. The molecule has 1 heterocycles. The Morgan fingerprint density at radius 3 is 2.79 bits per heavy atom. The van der Waals surface area contributed by atoms with Gasteiger partial charge in [0.1, 0.15) is 5.75 Å². The molecule has 5 heteroatoms. The monoisotopic (exact) mass is 264 g/mol. The molecular weight excluding hydrogens is 244 g/mol. The van der Waals surface area contributed by atoms with Crippen LogP contribution in [0.4, 0.5) is 5.69 Å². The second-order valence-corrected chi connectivity index (χ2v) is 5.09. The fourth-order valence-electron chi connectivity index (χ4n) is 2.46. The van der Waals surface area contributed by atoms with Gasteiger partial charge < -0.3 is 20.5 Å². The zero-order valence-corrected chi connectivity index (χ0v) is 11.3. The molecule has 1 aliphatic rings. The van der Waals surface area contributed by atoms with Crippen LogP contribution in [0.2, 0.25) is 0 Å². The van der Waals surface area contributed by atoms with Gasteiger partial charge >= 0.3 is 0 Å². The lowest BCUT2D eigenvalue weighted by molar-refractivity contribution is -0.0860. The Morgan fingerprint density at radius 1 is 1.53 bits per heavy atom. The molecule has 0 bridgehead atoms. The first-order valence-corrected chi connectivity index (χ1v) is 6.44. The van der Waals surface area contributed by atoms with Crippen molar-refractivity contribution in [2.45, 2.75) is 25.4 Å². The molecule has 1 fully saturated rings. The summed E-state index contributed by atoms with van der Waals surface area (Å²) >= 11 is 0. The Bertz CT molecular complexity index is 482. The quantitative estimate of drug-likeness (QED) is 0.803. The van der Waals surface area contributed by atoms with Crippen molar-refractivity contribution in [2.24, 2.45) is 0 Å². The van der Waals surface area contributed by atoms with Crippen LogP contribution in [-0.2, 0) is 0 Å². The second kappa shape index (κ2) is 5.09. The zero-order valence-electron chi connectivity index (χ0n) is 11.3. The zero-order chi connectivity index (χ0) is 14.0. The van der Waals surface area contributed by atoms with Crippen molar-refractivity contribution in [3.8, 4) is 5.75 Å². The van der Waals surface area contributed by atoms with Gasteiger partial charge in [0.15, 0.2) is 0 Å². The van der Waals surface area contributed by atoms with Crippen molar-refractivity contribution in [2.75, 3.05) is 25.9 Å². The second-order valence-electron chi connectivity index (χ2n) is 5.09. The van der Waals surface area contributed by atoms with Crippen molar-refractivity contribution < 1.29 is 14.6 Å². The van der Waals surface area contributed by atoms with Crippen LogP contribution in [0.15, 0.2) is 18.2 Å². The van der Waals surface area contributed by atoms with Gasteiger partial charge in [0.2, 0.25) is 0 Å². The molecule has 19 heavy (non-hydrogen) atoms. The highest BCUT2D eigenvalue weighted by atomic mass is 16.5. The lowest BCUT2D eigenvalue weighted by atomic mass is 9.88. The van der Waals surface area contributed by atoms with Crippen LogP contribution in [0.25, 0.3) is 0 Å². The van der Waals surface area contributed by atoms with E-state index in [2.05, 4.69) is 0 Å². The molecule has 1 aliphatic heterocycles. The predicted octanol–water partition coefficient (Wildman–Crippen LogP) is 1.26. The normalized spacial score (nSPS) is 16.9. The number of hydrogen-bond donors (Lipinski definition) is 2. The largest absolute Gasteiger partial charge is 0.495 e. The van der Waals surface area contributed by atoms with Gasteiger partial charge in [-0.2, -0.15) is 0 Å². The van der Waals surface area contributed by atoms with Gasteiger partial charge in [0.05, 0.1) is 31.5 Å². The van der Waals surface area contributed by atoms with E-state index in [4.69, 9.17) is 10.5 Å². The number of amides is 1. The van der Waals surface area contributed by atoms with Gasteiger partial charge in [-0.1, -0.05) is 13.3 Å². The third-order valence-corrected chi connectivity index (χ3v) is 3.45. The van der Waals surface area contributed by atoms with Gasteiger partial charge in [0, 0.05) is 5.56 Å². The van der Waals surface area contributed by atoms with Gasteiger partial charge in [-0.05, 0) is 24.6 Å². The van der Waals surface area contributed by atoms with Gasteiger partial charge in [-0.25, -0.2) is 0 Å². The van der Waals surface area contributed by atoms with E-state index in [9.17, 15) is 9.90 Å². The van der Waals surface area contributed by atoms with Crippen molar-refractivity contribution >= 4 is 11.6 Å². The maximum atomic E-state index is 12.2. The molecule has 0 radical (unpaired) electrons. The minimum atomic E-state index is -0.706. The van der Waals surface area contributed by atoms with E-state index in [0.717, 1.165) is 12.8 Å². The van der Waals surface area contributed by atoms with Crippen LogP contribution >= 0.6 is 0 Å². The van der Waals surface area contributed by atoms with Gasteiger partial charge in [-0.3, -0.25) is 4.79 Å². The van der Waals surface area contributed by atoms with Crippen molar-refractivity contribution in [1.82, 2.24) is 4.90 Å². The highest BCUT2D eigenvalue weighted by Crippen LogP contribution is 2.29. The SMILES string of the molecule is CCCC1(O)CN(C(=O)c2ccc(N)c(OC)c2)C1. The molecule has 1 saturated heterocycles. The number of nitrogens with two attached hydrogens (primary N) is 1. The number of ether oxygens (including phenoxy) is 1. The lowest BCUT2D eigenvalue weighted by Gasteiger charge is -2.46. The molecule has 104 valence electrons. The van der Waals surface area contributed by atoms with Crippen LogP contribution in [0.3, 0.4) is 0 Å². The molecule has 1 aromatic rings. The Balaban J connectivity index is 2.06. The first-order valence-electron chi connectivity index (χ1n) is 6.44. The molecule has 0 atom stereocenters. The number of rotatable bonds is 4. The molecule has 0 aromatic heterocycles. The summed E-state index contributed by atoms with van der Waals surface area (Å²) in [5, 5.41) is 10.1. The average Bonchev–Trinajstić information content (AvgIpc) is 2.36. The van der Waals surface area contributed by atoms with Crippen molar-refractivity contribution in [3.05, 3.63) is 23.8 Å². The van der Waals surface area contributed by atoms with E-state index in [-0.39, 0.29) is 5.91 Å². The number of carbonyl (C=O) groups is 1. The molecule has 1 aromatic carbocycles. The van der Waals surface area contributed by atoms with E-state index in [1.807, 2.05) is 6.92 Å². The van der Waals surface area contributed by atoms with E-state index in [1.54, 1.807) is 23.1 Å². The minimum absolute atomic E-state index is 0.0981. The predicted molar refractivity (Wildman–Crippen MR) is 73.2 cm³/mol. The molecule has 0 spiro atoms. The van der Waals surface area contributed by atoms with Gasteiger partial charge in [-0.15, -0.1) is 0 Å².